The first kappa shape index (κ1) is 18.4. The van der Waals surface area contributed by atoms with E-state index < -0.39 is 0 Å². The maximum Gasteiger partial charge on any atom is 0.255 e. The Labute approximate surface area is 157 Å². The van der Waals surface area contributed by atoms with Gasteiger partial charge >= 0.3 is 0 Å². The lowest BCUT2D eigenvalue weighted by atomic mass is 10.1. The molecule has 140 valence electrons. The van der Waals surface area contributed by atoms with Gasteiger partial charge in [0.2, 0.25) is 11.8 Å². The lowest BCUT2D eigenvalue weighted by Crippen LogP contribution is -2.23. The molecule has 7 heteroatoms. The number of anilines is 3. The number of carbonyl (C=O) groups excluding carboxylic acids is 3. The van der Waals surface area contributed by atoms with Crippen LogP contribution >= 0.6 is 0 Å². The number of rotatable bonds is 5. The van der Waals surface area contributed by atoms with E-state index in [-0.39, 0.29) is 17.7 Å². The van der Waals surface area contributed by atoms with Gasteiger partial charge in [-0.1, -0.05) is 0 Å². The summed E-state index contributed by atoms with van der Waals surface area (Å²) >= 11 is 0. The molecule has 0 aromatic heterocycles. The van der Waals surface area contributed by atoms with Crippen molar-refractivity contribution in [2.75, 3.05) is 29.2 Å². The van der Waals surface area contributed by atoms with Crippen molar-refractivity contribution in [3.63, 3.8) is 0 Å². The minimum atomic E-state index is -0.312. The van der Waals surface area contributed by atoms with Gasteiger partial charge in [-0.05, 0) is 48.9 Å². The zero-order chi connectivity index (χ0) is 19.4. The van der Waals surface area contributed by atoms with Crippen LogP contribution in [0.25, 0.3) is 0 Å². The summed E-state index contributed by atoms with van der Waals surface area (Å²) in [5.41, 5.74) is 2.26. The summed E-state index contributed by atoms with van der Waals surface area (Å²) in [5, 5.41) is 5.46. The van der Waals surface area contributed by atoms with E-state index in [1.54, 1.807) is 47.4 Å². The molecule has 0 radical (unpaired) electrons. The van der Waals surface area contributed by atoms with Crippen LogP contribution in [-0.4, -0.2) is 31.4 Å². The molecule has 0 unspecified atom stereocenters. The molecule has 3 rings (SSSR count). The Morgan fingerprint density at radius 3 is 2.41 bits per heavy atom. The molecular weight excluding hydrogens is 346 g/mol. The lowest BCUT2D eigenvalue weighted by Gasteiger charge is -2.16. The van der Waals surface area contributed by atoms with Crippen molar-refractivity contribution in [1.82, 2.24) is 0 Å². The van der Waals surface area contributed by atoms with Gasteiger partial charge in [-0.3, -0.25) is 14.4 Å². The van der Waals surface area contributed by atoms with Gasteiger partial charge in [0.25, 0.3) is 5.91 Å². The topological polar surface area (TPSA) is 87.7 Å². The maximum absolute atomic E-state index is 12.6. The highest BCUT2D eigenvalue weighted by molar-refractivity contribution is 6.06. The van der Waals surface area contributed by atoms with Crippen LogP contribution in [0.3, 0.4) is 0 Å². The summed E-state index contributed by atoms with van der Waals surface area (Å²) in [6, 6.07) is 11.9. The van der Waals surface area contributed by atoms with Crippen LogP contribution in [0.1, 0.15) is 30.1 Å². The fourth-order valence-corrected chi connectivity index (χ4v) is 3.00. The van der Waals surface area contributed by atoms with Gasteiger partial charge in [0.15, 0.2) is 0 Å². The summed E-state index contributed by atoms with van der Waals surface area (Å²) in [4.78, 5) is 37.3. The lowest BCUT2D eigenvalue weighted by molar-refractivity contribution is -0.117. The Morgan fingerprint density at radius 1 is 1.07 bits per heavy atom. The molecule has 2 N–H and O–H groups in total. The highest BCUT2D eigenvalue weighted by Crippen LogP contribution is 2.29. The first-order valence-electron chi connectivity index (χ1n) is 8.65. The fraction of sp³-hybridized carbons (Fsp3) is 0.250. The Kier molecular flexibility index (Phi) is 5.40. The highest BCUT2D eigenvalue weighted by atomic mass is 16.5. The standard InChI is InChI=1S/C20H21N3O4/c1-13(24)21-15-7-10-18(27-2)17(12-15)22-20(26)14-5-8-16(9-6-14)23-11-3-4-19(23)25/h5-10,12H,3-4,11H2,1-2H3,(H,21,24)(H,22,26). The minimum Gasteiger partial charge on any atom is -0.495 e. The van der Waals surface area contributed by atoms with Gasteiger partial charge in [-0.25, -0.2) is 0 Å². The van der Waals surface area contributed by atoms with Crippen molar-refractivity contribution in [2.24, 2.45) is 0 Å². The normalized spacial score (nSPS) is 13.4. The van der Waals surface area contributed by atoms with Gasteiger partial charge < -0.3 is 20.3 Å². The van der Waals surface area contributed by atoms with E-state index >= 15 is 0 Å². The molecule has 0 atom stereocenters. The molecule has 2 aromatic carbocycles. The third-order valence-electron chi connectivity index (χ3n) is 4.28. The Morgan fingerprint density at radius 2 is 1.81 bits per heavy atom. The van der Waals surface area contributed by atoms with E-state index in [4.69, 9.17) is 4.74 Å². The van der Waals surface area contributed by atoms with Crippen LogP contribution in [0.2, 0.25) is 0 Å². The smallest absolute Gasteiger partial charge is 0.255 e. The quantitative estimate of drug-likeness (QED) is 0.850. The number of carbonyl (C=O) groups is 3. The largest absolute Gasteiger partial charge is 0.495 e. The summed E-state index contributed by atoms with van der Waals surface area (Å²) in [6.45, 7) is 2.12. The van der Waals surface area contributed by atoms with Crippen molar-refractivity contribution < 1.29 is 19.1 Å². The number of nitrogens with one attached hydrogen (secondary N) is 2. The molecule has 1 heterocycles. The van der Waals surface area contributed by atoms with Crippen LogP contribution in [0.5, 0.6) is 5.75 Å². The second kappa shape index (κ2) is 7.90. The van der Waals surface area contributed by atoms with E-state index in [0.29, 0.717) is 35.7 Å². The van der Waals surface area contributed by atoms with Crippen LogP contribution in [0.15, 0.2) is 42.5 Å². The second-order valence-electron chi connectivity index (χ2n) is 6.25. The number of hydrogen-bond donors (Lipinski definition) is 2. The molecule has 2 aromatic rings. The maximum atomic E-state index is 12.6. The third-order valence-corrected chi connectivity index (χ3v) is 4.28. The Hall–Kier alpha value is -3.35. The zero-order valence-corrected chi connectivity index (χ0v) is 15.2. The number of methoxy groups -OCH3 is 1. The molecule has 0 bridgehead atoms. The zero-order valence-electron chi connectivity index (χ0n) is 15.2. The first-order valence-corrected chi connectivity index (χ1v) is 8.65. The van der Waals surface area contributed by atoms with E-state index in [1.165, 1.54) is 14.0 Å². The average molecular weight is 367 g/mol. The van der Waals surface area contributed by atoms with Crippen molar-refractivity contribution >= 4 is 34.8 Å². The van der Waals surface area contributed by atoms with Gasteiger partial charge in [0.05, 0.1) is 12.8 Å². The monoisotopic (exact) mass is 367 g/mol. The van der Waals surface area contributed by atoms with E-state index in [0.717, 1.165) is 12.1 Å². The molecule has 7 nitrogen and oxygen atoms in total. The molecule has 27 heavy (non-hydrogen) atoms. The second-order valence-corrected chi connectivity index (χ2v) is 6.25. The van der Waals surface area contributed by atoms with E-state index in [2.05, 4.69) is 10.6 Å². The number of hydrogen-bond acceptors (Lipinski definition) is 4. The van der Waals surface area contributed by atoms with Crippen LogP contribution < -0.4 is 20.3 Å². The number of nitrogens with zero attached hydrogens (tertiary/aromatic N) is 1. The first-order chi connectivity index (χ1) is 13.0. The van der Waals surface area contributed by atoms with Crippen LogP contribution in [-0.2, 0) is 9.59 Å². The third kappa shape index (κ3) is 4.25. The van der Waals surface area contributed by atoms with E-state index in [9.17, 15) is 14.4 Å². The molecule has 1 aliphatic rings. The molecule has 1 fully saturated rings. The number of ether oxygens (including phenoxy) is 1. The molecule has 0 aliphatic carbocycles. The van der Waals surface area contributed by atoms with Gasteiger partial charge in [0, 0.05) is 36.8 Å². The average Bonchev–Trinajstić information content (AvgIpc) is 3.07. The Bertz CT molecular complexity index is 877. The molecule has 1 saturated heterocycles. The van der Waals surface area contributed by atoms with Gasteiger partial charge in [-0.2, -0.15) is 0 Å². The molecule has 0 spiro atoms. The molecular formula is C20H21N3O4. The van der Waals surface area contributed by atoms with Crippen molar-refractivity contribution in [3.05, 3.63) is 48.0 Å². The van der Waals surface area contributed by atoms with E-state index in [1.807, 2.05) is 0 Å². The molecule has 0 saturated carbocycles. The predicted molar refractivity (Wildman–Crippen MR) is 103 cm³/mol. The van der Waals surface area contributed by atoms with Gasteiger partial charge in [0.1, 0.15) is 5.75 Å². The van der Waals surface area contributed by atoms with Crippen molar-refractivity contribution in [1.29, 1.82) is 0 Å². The summed E-state index contributed by atoms with van der Waals surface area (Å²) < 4.78 is 5.27. The summed E-state index contributed by atoms with van der Waals surface area (Å²) in [5.74, 6) is 0.0699. The molecule has 1 aliphatic heterocycles. The van der Waals surface area contributed by atoms with Gasteiger partial charge in [-0.15, -0.1) is 0 Å². The number of amides is 3. The highest BCUT2D eigenvalue weighted by Gasteiger charge is 2.21. The fourth-order valence-electron chi connectivity index (χ4n) is 3.00. The predicted octanol–water partition coefficient (Wildman–Crippen LogP) is 3.03. The minimum absolute atomic E-state index is 0.103. The Balaban J connectivity index is 1.76. The number of benzene rings is 2. The SMILES string of the molecule is COc1ccc(NC(C)=O)cc1NC(=O)c1ccc(N2CCCC2=O)cc1. The van der Waals surface area contributed by atoms with Crippen molar-refractivity contribution in [2.45, 2.75) is 19.8 Å². The van der Waals surface area contributed by atoms with Crippen LogP contribution in [0.4, 0.5) is 17.1 Å². The summed E-state index contributed by atoms with van der Waals surface area (Å²) in [6.07, 6.45) is 1.41. The summed E-state index contributed by atoms with van der Waals surface area (Å²) in [7, 11) is 1.50. The molecule has 3 amide bonds. The van der Waals surface area contributed by atoms with Crippen LogP contribution in [0, 0.1) is 0 Å². The van der Waals surface area contributed by atoms with Crippen molar-refractivity contribution in [3.8, 4) is 5.75 Å².